The molecule has 0 amide bonds. The van der Waals surface area contributed by atoms with Crippen LogP contribution in [0.1, 0.15) is 44.9 Å². The Bertz CT molecular complexity index is 315. The zero-order chi connectivity index (χ0) is 16.9. The Morgan fingerprint density at radius 2 is 1.00 bits per heavy atom. The SMILES string of the molecule is FC(F)(F)CCCCCCCC(F)(F)C(F)(F)[Si](Cl)(Cl)Cl. The van der Waals surface area contributed by atoms with Gasteiger partial charge in [-0.3, -0.25) is 0 Å². The summed E-state index contributed by atoms with van der Waals surface area (Å²) in [5, 5.41) is 0. The van der Waals surface area contributed by atoms with Gasteiger partial charge in [-0.25, -0.2) is 8.78 Å². The first-order chi connectivity index (χ1) is 9.21. The van der Waals surface area contributed by atoms with Gasteiger partial charge in [0.2, 0.25) is 0 Å². The average molecular weight is 402 g/mol. The van der Waals surface area contributed by atoms with Crippen LogP contribution in [0.2, 0.25) is 0 Å². The lowest BCUT2D eigenvalue weighted by Gasteiger charge is -2.30. The molecule has 0 aromatic rings. The van der Waals surface area contributed by atoms with Crippen molar-refractivity contribution >= 4 is 39.2 Å². The fourth-order valence-corrected chi connectivity index (χ4v) is 3.35. The molecule has 0 aliphatic carbocycles. The molecule has 0 atom stereocenters. The second-order valence-corrected chi connectivity index (χ2v) is 13.1. The van der Waals surface area contributed by atoms with Crippen LogP contribution in [0, 0.1) is 0 Å². The van der Waals surface area contributed by atoms with Gasteiger partial charge >= 0.3 is 23.6 Å². The second-order valence-electron chi connectivity index (χ2n) is 4.66. The van der Waals surface area contributed by atoms with E-state index in [4.69, 9.17) is 33.2 Å². The van der Waals surface area contributed by atoms with Gasteiger partial charge in [-0.1, -0.05) is 19.3 Å². The molecule has 0 heterocycles. The fourth-order valence-electron chi connectivity index (χ4n) is 1.57. The number of alkyl halides is 7. The number of hydrogen-bond donors (Lipinski definition) is 0. The Balaban J connectivity index is 4.02. The Hall–Kier alpha value is 0.597. The van der Waals surface area contributed by atoms with Gasteiger partial charge in [0.1, 0.15) is 0 Å². The maximum atomic E-state index is 13.3. The highest BCUT2D eigenvalue weighted by atomic mass is 35.8. The Morgan fingerprint density at radius 1 is 0.619 bits per heavy atom. The molecule has 0 bridgehead atoms. The summed E-state index contributed by atoms with van der Waals surface area (Å²) >= 11 is 14.9. The summed E-state index contributed by atoms with van der Waals surface area (Å²) in [4.78, 5) is 0. The van der Waals surface area contributed by atoms with Gasteiger partial charge in [0, 0.05) is 12.8 Å². The topological polar surface area (TPSA) is 0 Å². The van der Waals surface area contributed by atoms with Crippen molar-refractivity contribution in [3.05, 3.63) is 0 Å². The molecular weight excluding hydrogens is 388 g/mol. The summed E-state index contributed by atoms with van der Waals surface area (Å²) in [7, 11) is 0. The molecule has 0 saturated heterocycles. The van der Waals surface area contributed by atoms with Gasteiger partial charge in [-0.15, -0.1) is 33.2 Å². The van der Waals surface area contributed by atoms with Gasteiger partial charge in [-0.2, -0.15) is 22.0 Å². The van der Waals surface area contributed by atoms with Crippen LogP contribution >= 0.6 is 33.2 Å². The molecule has 11 heteroatoms. The van der Waals surface area contributed by atoms with Crippen molar-refractivity contribution in [1.29, 1.82) is 0 Å². The normalized spacial score (nSPS) is 14.6. The molecule has 0 saturated carbocycles. The van der Waals surface area contributed by atoms with Crippen LogP contribution in [0.4, 0.5) is 30.7 Å². The first-order valence-electron chi connectivity index (χ1n) is 6.10. The predicted octanol–water partition coefficient (Wildman–Crippen LogP) is 6.74. The molecule has 0 aromatic heterocycles. The lowest BCUT2D eigenvalue weighted by atomic mass is 10.1. The molecule has 0 radical (unpaired) electrons. The molecule has 0 spiro atoms. The molecule has 0 nitrogen and oxygen atoms in total. The molecule has 0 aliphatic heterocycles. The van der Waals surface area contributed by atoms with E-state index in [0.29, 0.717) is 0 Å². The van der Waals surface area contributed by atoms with E-state index in [1.807, 2.05) is 0 Å². The van der Waals surface area contributed by atoms with Crippen LogP contribution in [-0.4, -0.2) is 23.6 Å². The van der Waals surface area contributed by atoms with Crippen molar-refractivity contribution < 1.29 is 30.7 Å². The monoisotopic (exact) mass is 400 g/mol. The molecule has 0 aromatic carbocycles. The highest BCUT2D eigenvalue weighted by Gasteiger charge is 2.69. The Labute approximate surface area is 133 Å². The van der Waals surface area contributed by atoms with Crippen LogP contribution in [0.15, 0.2) is 0 Å². The average Bonchev–Trinajstić information content (AvgIpc) is 2.24. The van der Waals surface area contributed by atoms with Crippen molar-refractivity contribution in [2.75, 3.05) is 0 Å². The Kier molecular flexibility index (Phi) is 8.15. The standard InChI is InChI=1S/C10H14Cl3F7Si/c11-21(12,13)10(19,20)8(14,15)6-4-2-1-3-5-7-9(16,17)18/h1-7H2. The molecule has 21 heavy (non-hydrogen) atoms. The van der Waals surface area contributed by atoms with Gasteiger partial charge in [0.25, 0.3) is 0 Å². The fraction of sp³-hybridized carbons (Fsp3) is 1.00. The van der Waals surface area contributed by atoms with E-state index in [0.717, 1.165) is 0 Å². The molecule has 0 rings (SSSR count). The third kappa shape index (κ3) is 7.61. The molecule has 0 N–H and O–H groups in total. The lowest BCUT2D eigenvalue weighted by Crippen LogP contribution is -2.53. The minimum absolute atomic E-state index is 0.114. The highest BCUT2D eigenvalue weighted by Crippen LogP contribution is 2.49. The number of rotatable bonds is 9. The van der Waals surface area contributed by atoms with Gasteiger partial charge in [0.15, 0.2) is 0 Å². The zero-order valence-electron chi connectivity index (χ0n) is 10.7. The van der Waals surface area contributed by atoms with Gasteiger partial charge in [-0.05, 0) is 12.8 Å². The number of hydrogen-bond acceptors (Lipinski definition) is 0. The van der Waals surface area contributed by atoms with Gasteiger partial charge < -0.3 is 0 Å². The summed E-state index contributed by atoms with van der Waals surface area (Å²) < 4.78 is 88.6. The number of halogens is 10. The largest absolute Gasteiger partial charge is 0.424 e. The van der Waals surface area contributed by atoms with Crippen molar-refractivity contribution in [3.63, 3.8) is 0 Å². The van der Waals surface area contributed by atoms with Crippen molar-refractivity contribution in [1.82, 2.24) is 0 Å². The van der Waals surface area contributed by atoms with Crippen LogP contribution < -0.4 is 0 Å². The highest BCUT2D eigenvalue weighted by molar-refractivity contribution is 7.65. The third-order valence-electron chi connectivity index (χ3n) is 2.77. The first-order valence-corrected chi connectivity index (χ1v) is 11.1. The van der Waals surface area contributed by atoms with Crippen LogP contribution in [0.5, 0.6) is 0 Å². The van der Waals surface area contributed by atoms with E-state index in [-0.39, 0.29) is 32.1 Å². The van der Waals surface area contributed by atoms with Gasteiger partial charge in [0.05, 0.1) is 0 Å². The van der Waals surface area contributed by atoms with E-state index in [9.17, 15) is 30.7 Å². The first kappa shape index (κ1) is 21.6. The van der Waals surface area contributed by atoms with Crippen molar-refractivity contribution in [2.45, 2.75) is 62.6 Å². The Morgan fingerprint density at radius 3 is 1.38 bits per heavy atom. The minimum Gasteiger partial charge on any atom is -0.200 e. The molecule has 0 fully saturated rings. The van der Waals surface area contributed by atoms with Crippen molar-refractivity contribution in [2.24, 2.45) is 0 Å². The summed E-state index contributed by atoms with van der Waals surface area (Å²) in [6.45, 7) is 0. The van der Waals surface area contributed by atoms with Crippen LogP contribution in [-0.2, 0) is 0 Å². The summed E-state index contributed by atoms with van der Waals surface area (Å²) in [5.74, 6) is -4.43. The molecule has 0 unspecified atom stereocenters. The molecule has 128 valence electrons. The zero-order valence-corrected chi connectivity index (χ0v) is 14.0. The van der Waals surface area contributed by atoms with Crippen LogP contribution in [0.3, 0.4) is 0 Å². The summed E-state index contributed by atoms with van der Waals surface area (Å²) in [6, 6.07) is -4.91. The minimum atomic E-state index is -4.91. The second kappa shape index (κ2) is 7.92. The quantitative estimate of drug-likeness (QED) is 0.174. The molecule has 0 aliphatic rings. The summed E-state index contributed by atoms with van der Waals surface area (Å²) in [6.07, 6.45) is -6.18. The van der Waals surface area contributed by atoms with Crippen LogP contribution in [0.25, 0.3) is 0 Å². The summed E-state index contributed by atoms with van der Waals surface area (Å²) in [5.41, 5.74) is -4.68. The smallest absolute Gasteiger partial charge is 0.200 e. The van der Waals surface area contributed by atoms with E-state index >= 15 is 0 Å². The predicted molar refractivity (Wildman–Crippen MR) is 71.6 cm³/mol. The maximum absolute atomic E-state index is 13.3. The van der Waals surface area contributed by atoms with Crippen molar-refractivity contribution in [3.8, 4) is 0 Å². The van der Waals surface area contributed by atoms with E-state index in [2.05, 4.69) is 0 Å². The van der Waals surface area contributed by atoms with E-state index < -0.39 is 36.5 Å². The number of unbranched alkanes of at least 4 members (excludes halogenated alkanes) is 4. The maximum Gasteiger partial charge on any atom is 0.424 e. The van der Waals surface area contributed by atoms with E-state index in [1.54, 1.807) is 0 Å². The molecular formula is C10H14Cl3F7Si. The third-order valence-corrected chi connectivity index (χ3v) is 5.98. The van der Waals surface area contributed by atoms with E-state index in [1.165, 1.54) is 0 Å². The lowest BCUT2D eigenvalue weighted by molar-refractivity contribution is -0.165.